The van der Waals surface area contributed by atoms with Gasteiger partial charge in [0.15, 0.2) is 0 Å². The number of piperidine rings is 1. The van der Waals surface area contributed by atoms with Crippen molar-refractivity contribution in [1.29, 1.82) is 0 Å². The molecular formula is C31H31F3N8O4. The van der Waals surface area contributed by atoms with E-state index in [2.05, 4.69) is 15.3 Å². The maximum absolute atomic E-state index is 13.2. The van der Waals surface area contributed by atoms with Crippen molar-refractivity contribution in [2.75, 3.05) is 30.7 Å². The van der Waals surface area contributed by atoms with Gasteiger partial charge in [0.2, 0.25) is 5.91 Å². The van der Waals surface area contributed by atoms with E-state index in [1.807, 2.05) is 9.30 Å². The fraction of sp³-hybridized carbons (Fsp3) is 0.355. The normalized spacial score (nSPS) is 19.2. The number of anilines is 2. The highest BCUT2D eigenvalue weighted by atomic mass is 19.4. The van der Waals surface area contributed by atoms with Crippen LogP contribution >= 0.6 is 0 Å². The summed E-state index contributed by atoms with van der Waals surface area (Å²) in [6.07, 6.45) is 1.09. The number of rotatable bonds is 6. The molecule has 2 fully saturated rings. The van der Waals surface area contributed by atoms with Crippen molar-refractivity contribution in [3.8, 4) is 11.3 Å². The van der Waals surface area contributed by atoms with E-state index in [0.29, 0.717) is 48.5 Å². The number of carboxylic acid groups (broad SMARTS) is 1. The van der Waals surface area contributed by atoms with Gasteiger partial charge in [0.1, 0.15) is 34.2 Å². The molecule has 2 amide bonds. The molecule has 0 radical (unpaired) electrons. The number of fused-ring (bicyclic) bond motifs is 2. The molecule has 46 heavy (non-hydrogen) atoms. The minimum Gasteiger partial charge on any atom is -0.480 e. The van der Waals surface area contributed by atoms with Gasteiger partial charge in [-0.1, -0.05) is 12.1 Å². The molecule has 15 heteroatoms. The second-order valence-corrected chi connectivity index (χ2v) is 12.0. The van der Waals surface area contributed by atoms with Gasteiger partial charge < -0.3 is 21.1 Å². The van der Waals surface area contributed by atoms with Crippen molar-refractivity contribution < 1.29 is 32.7 Å². The van der Waals surface area contributed by atoms with E-state index in [1.54, 1.807) is 43.3 Å². The van der Waals surface area contributed by atoms with Crippen LogP contribution in [0.5, 0.6) is 0 Å². The van der Waals surface area contributed by atoms with E-state index < -0.39 is 29.2 Å². The first-order valence-electron chi connectivity index (χ1n) is 14.6. The van der Waals surface area contributed by atoms with Crippen molar-refractivity contribution >= 4 is 34.9 Å². The summed E-state index contributed by atoms with van der Waals surface area (Å²) in [4.78, 5) is 54.4. The van der Waals surface area contributed by atoms with Crippen molar-refractivity contribution in [2.45, 2.75) is 50.4 Å². The number of nitrogen functional groups attached to an aromatic ring is 1. The largest absolute Gasteiger partial charge is 0.480 e. The van der Waals surface area contributed by atoms with Crippen molar-refractivity contribution in [2.24, 2.45) is 0 Å². The number of imidazole rings is 1. The number of hydrogen-bond acceptors (Lipinski definition) is 8. The molecule has 6 rings (SSSR count). The Labute approximate surface area is 261 Å². The van der Waals surface area contributed by atoms with Gasteiger partial charge in [-0.15, -0.1) is 0 Å². The van der Waals surface area contributed by atoms with Gasteiger partial charge in [0.25, 0.3) is 5.91 Å². The molecular weight excluding hydrogens is 605 g/mol. The average molecular weight is 637 g/mol. The maximum Gasteiger partial charge on any atom is 0.416 e. The van der Waals surface area contributed by atoms with Crippen LogP contribution in [0, 0.1) is 0 Å². The lowest BCUT2D eigenvalue weighted by Gasteiger charge is -2.49. The molecule has 3 aromatic heterocycles. The number of nitrogens with one attached hydrogen (secondary N) is 1. The number of aromatic nitrogens is 4. The number of alkyl halides is 3. The molecule has 2 saturated heterocycles. The lowest BCUT2D eigenvalue weighted by molar-refractivity contribution is -0.157. The van der Waals surface area contributed by atoms with Crippen LogP contribution in [-0.4, -0.2) is 83.3 Å². The Morgan fingerprint density at radius 1 is 1.04 bits per heavy atom. The second kappa shape index (κ2) is 11.4. The first-order valence-corrected chi connectivity index (χ1v) is 14.6. The Balaban J connectivity index is 1.24. The quantitative estimate of drug-likeness (QED) is 0.285. The molecule has 2 aliphatic rings. The van der Waals surface area contributed by atoms with E-state index in [0.717, 1.165) is 18.3 Å². The van der Waals surface area contributed by atoms with Crippen LogP contribution in [0.1, 0.15) is 54.4 Å². The summed E-state index contributed by atoms with van der Waals surface area (Å²) < 4.78 is 41.0. The number of halogens is 3. The molecule has 0 aliphatic carbocycles. The summed E-state index contributed by atoms with van der Waals surface area (Å²) in [6, 6.07) is 7.85. The first-order chi connectivity index (χ1) is 21.7. The Morgan fingerprint density at radius 2 is 1.78 bits per heavy atom. The average Bonchev–Trinajstić information content (AvgIpc) is 3.41. The first kappa shape index (κ1) is 31.0. The topological polar surface area (TPSA) is 159 Å². The summed E-state index contributed by atoms with van der Waals surface area (Å²) >= 11 is 0. The van der Waals surface area contributed by atoms with Gasteiger partial charge >= 0.3 is 12.1 Å². The van der Waals surface area contributed by atoms with Crippen LogP contribution < -0.4 is 11.1 Å². The standard InChI is InChI=1S/C31H31F3N8O4/c1-30(2,29(45)46)40-15-21-8-7-19(14-42(21)23(43)16-40)27-39-24(25-26(35)37-11-12-41(25)27)17-3-5-18(6-4-17)28(44)38-22-13-20(9-10-36-22)31(32,33)34/h3-6,9-13,19,21H,7-8,14-16H2,1-2H3,(H2,35,37)(H,45,46)(H,36,38,44). The molecule has 5 heterocycles. The molecule has 12 nitrogen and oxygen atoms in total. The summed E-state index contributed by atoms with van der Waals surface area (Å²) in [6.45, 7) is 4.09. The van der Waals surface area contributed by atoms with Gasteiger partial charge in [-0.25, -0.2) is 15.0 Å². The van der Waals surface area contributed by atoms with E-state index in [4.69, 9.17) is 10.7 Å². The Bertz CT molecular complexity index is 1840. The van der Waals surface area contributed by atoms with Gasteiger partial charge in [0.05, 0.1) is 12.1 Å². The van der Waals surface area contributed by atoms with Crippen molar-refractivity contribution in [3.63, 3.8) is 0 Å². The van der Waals surface area contributed by atoms with Crippen LogP contribution in [0.3, 0.4) is 0 Å². The number of nitrogens with zero attached hydrogens (tertiary/aromatic N) is 6. The second-order valence-electron chi connectivity index (χ2n) is 12.0. The zero-order chi connectivity index (χ0) is 33.0. The summed E-state index contributed by atoms with van der Waals surface area (Å²) in [7, 11) is 0. The number of carbonyl (C=O) groups is 3. The number of pyridine rings is 1. The molecule has 4 aromatic rings. The van der Waals surface area contributed by atoms with Gasteiger partial charge in [-0.3, -0.25) is 23.7 Å². The lowest BCUT2D eigenvalue weighted by Crippen LogP contribution is -2.65. The van der Waals surface area contributed by atoms with E-state index in [-0.39, 0.29) is 41.6 Å². The molecule has 2 unspecified atom stereocenters. The zero-order valence-corrected chi connectivity index (χ0v) is 25.0. The summed E-state index contributed by atoms with van der Waals surface area (Å²) in [5.74, 6) is -1.18. The molecule has 4 N–H and O–H groups in total. The monoisotopic (exact) mass is 636 g/mol. The zero-order valence-electron chi connectivity index (χ0n) is 25.0. The predicted octanol–water partition coefficient (Wildman–Crippen LogP) is 3.90. The number of carbonyl (C=O) groups excluding carboxylic acids is 2. The van der Waals surface area contributed by atoms with Crippen LogP contribution in [-0.2, 0) is 15.8 Å². The molecule has 0 spiro atoms. The lowest BCUT2D eigenvalue weighted by atomic mass is 9.88. The van der Waals surface area contributed by atoms with Crippen LogP contribution in [0.15, 0.2) is 55.0 Å². The fourth-order valence-electron chi connectivity index (χ4n) is 6.09. The maximum atomic E-state index is 13.2. The van der Waals surface area contributed by atoms with E-state index in [9.17, 15) is 32.7 Å². The van der Waals surface area contributed by atoms with Gasteiger partial charge in [0, 0.05) is 54.8 Å². The van der Waals surface area contributed by atoms with Gasteiger partial charge in [-0.05, 0) is 51.0 Å². The number of amides is 2. The summed E-state index contributed by atoms with van der Waals surface area (Å²) in [5, 5.41) is 12.1. The van der Waals surface area contributed by atoms with Crippen LogP contribution in [0.4, 0.5) is 24.8 Å². The van der Waals surface area contributed by atoms with Crippen molar-refractivity contribution in [3.05, 3.63) is 71.9 Å². The van der Waals surface area contributed by atoms with Crippen LogP contribution in [0.2, 0.25) is 0 Å². The van der Waals surface area contributed by atoms with E-state index >= 15 is 0 Å². The summed E-state index contributed by atoms with van der Waals surface area (Å²) in [5.41, 5.74) is 6.13. The molecule has 240 valence electrons. The number of hydrogen-bond donors (Lipinski definition) is 3. The van der Waals surface area contributed by atoms with Crippen LogP contribution in [0.25, 0.3) is 16.8 Å². The number of carboxylic acids is 1. The van der Waals surface area contributed by atoms with Crippen molar-refractivity contribution in [1.82, 2.24) is 29.2 Å². The smallest absolute Gasteiger partial charge is 0.416 e. The predicted molar refractivity (Wildman–Crippen MR) is 161 cm³/mol. The molecule has 2 aliphatic heterocycles. The third-order valence-corrected chi connectivity index (χ3v) is 8.82. The van der Waals surface area contributed by atoms with Gasteiger partial charge in [-0.2, -0.15) is 13.2 Å². The Kier molecular flexibility index (Phi) is 7.66. The molecule has 1 aromatic carbocycles. The number of aliphatic carboxylic acids is 1. The molecule has 0 saturated carbocycles. The SMILES string of the molecule is CC(C)(C(=O)O)N1CC(=O)N2CC(c3nc(-c4ccc(C(=O)Nc5cc(C(F)(F)F)ccn5)cc4)c4c(N)nccn34)CCC2C1. The Morgan fingerprint density at radius 3 is 2.48 bits per heavy atom. The highest BCUT2D eigenvalue weighted by Gasteiger charge is 2.45. The highest BCUT2D eigenvalue weighted by Crippen LogP contribution is 2.37. The highest BCUT2D eigenvalue weighted by molar-refractivity contribution is 6.04. The number of piperazine rings is 1. The van der Waals surface area contributed by atoms with E-state index in [1.165, 1.54) is 12.1 Å². The fourth-order valence-corrected chi connectivity index (χ4v) is 6.09. The Hall–Kier alpha value is -5.05. The third kappa shape index (κ3) is 5.62. The molecule has 0 bridgehead atoms. The number of nitrogens with two attached hydrogens (primary N) is 1. The minimum absolute atomic E-state index is 0.0106. The number of benzene rings is 1. The minimum atomic E-state index is -4.57. The third-order valence-electron chi connectivity index (χ3n) is 8.82. The molecule has 2 atom stereocenters.